The molecular weight excluding hydrogens is 363 g/mol. The molecule has 0 fully saturated rings. The van der Waals surface area contributed by atoms with E-state index in [-0.39, 0.29) is 6.04 Å². The standard InChI is InChI=1S/C22H16F3N3/c23-22(24,25)18-9-7-16(8-10-18)21(28-19-4-2-11-26-14-19)17-6-5-15-3-1-12-27-20(15)13-17/h1-14,21,28H. The third kappa shape index (κ3) is 3.81. The largest absolute Gasteiger partial charge is 0.416 e. The molecule has 28 heavy (non-hydrogen) atoms. The Hall–Kier alpha value is -3.41. The number of nitrogens with one attached hydrogen (secondary N) is 1. The number of hydrogen-bond donors (Lipinski definition) is 1. The van der Waals surface area contributed by atoms with Crippen molar-refractivity contribution in [3.63, 3.8) is 0 Å². The maximum atomic E-state index is 12.9. The number of anilines is 1. The lowest BCUT2D eigenvalue weighted by Crippen LogP contribution is -2.13. The van der Waals surface area contributed by atoms with Crippen LogP contribution < -0.4 is 5.32 Å². The van der Waals surface area contributed by atoms with Gasteiger partial charge in [-0.25, -0.2) is 0 Å². The molecule has 0 bridgehead atoms. The summed E-state index contributed by atoms with van der Waals surface area (Å²) in [6.45, 7) is 0. The highest BCUT2D eigenvalue weighted by molar-refractivity contribution is 5.79. The molecule has 0 radical (unpaired) electrons. The van der Waals surface area contributed by atoms with E-state index < -0.39 is 11.7 Å². The summed E-state index contributed by atoms with van der Waals surface area (Å²) in [5.74, 6) is 0. The highest BCUT2D eigenvalue weighted by atomic mass is 19.4. The summed E-state index contributed by atoms with van der Waals surface area (Å²) in [6, 6.07) is 18.2. The zero-order valence-electron chi connectivity index (χ0n) is 14.7. The first-order valence-electron chi connectivity index (χ1n) is 8.69. The Kier molecular flexibility index (Phi) is 4.69. The van der Waals surface area contributed by atoms with Crippen LogP contribution in [-0.4, -0.2) is 9.97 Å². The van der Waals surface area contributed by atoms with Crippen molar-refractivity contribution in [1.29, 1.82) is 0 Å². The van der Waals surface area contributed by atoms with E-state index in [2.05, 4.69) is 15.3 Å². The van der Waals surface area contributed by atoms with Crippen LogP contribution in [0.25, 0.3) is 10.9 Å². The SMILES string of the molecule is FC(F)(F)c1ccc(C(Nc2cccnc2)c2ccc3cccnc3c2)cc1. The lowest BCUT2D eigenvalue weighted by molar-refractivity contribution is -0.137. The van der Waals surface area contributed by atoms with Gasteiger partial charge in [-0.2, -0.15) is 13.2 Å². The van der Waals surface area contributed by atoms with Crippen LogP contribution in [0.4, 0.5) is 18.9 Å². The Labute approximate surface area is 159 Å². The van der Waals surface area contributed by atoms with Crippen molar-refractivity contribution >= 4 is 16.6 Å². The molecule has 6 heteroatoms. The lowest BCUT2D eigenvalue weighted by Gasteiger charge is -2.22. The molecule has 2 heterocycles. The monoisotopic (exact) mass is 379 g/mol. The second-order valence-electron chi connectivity index (χ2n) is 6.39. The van der Waals surface area contributed by atoms with E-state index in [0.717, 1.165) is 34.3 Å². The summed E-state index contributed by atoms with van der Waals surface area (Å²) < 4.78 is 38.8. The number of aromatic nitrogens is 2. The molecule has 1 N–H and O–H groups in total. The molecule has 4 aromatic rings. The number of nitrogens with zero attached hydrogens (tertiary/aromatic N) is 2. The van der Waals surface area contributed by atoms with Crippen molar-refractivity contribution in [3.8, 4) is 0 Å². The zero-order valence-corrected chi connectivity index (χ0v) is 14.7. The number of halogens is 3. The average Bonchev–Trinajstić information content (AvgIpc) is 2.72. The minimum absolute atomic E-state index is 0.349. The molecule has 0 aliphatic heterocycles. The number of rotatable bonds is 4. The zero-order chi connectivity index (χ0) is 19.6. The minimum Gasteiger partial charge on any atom is -0.373 e. The van der Waals surface area contributed by atoms with Gasteiger partial charge in [-0.1, -0.05) is 30.3 Å². The van der Waals surface area contributed by atoms with Crippen LogP contribution in [-0.2, 0) is 6.18 Å². The molecule has 2 aromatic carbocycles. The number of hydrogen-bond acceptors (Lipinski definition) is 3. The van der Waals surface area contributed by atoms with E-state index >= 15 is 0 Å². The van der Waals surface area contributed by atoms with Crippen molar-refractivity contribution in [2.24, 2.45) is 0 Å². The minimum atomic E-state index is -4.36. The van der Waals surface area contributed by atoms with Crippen LogP contribution in [0.5, 0.6) is 0 Å². The summed E-state index contributed by atoms with van der Waals surface area (Å²) in [5, 5.41) is 4.36. The van der Waals surface area contributed by atoms with Crippen molar-refractivity contribution in [3.05, 3.63) is 102 Å². The molecule has 4 rings (SSSR count). The van der Waals surface area contributed by atoms with Crippen LogP contribution >= 0.6 is 0 Å². The average molecular weight is 379 g/mol. The van der Waals surface area contributed by atoms with Crippen LogP contribution in [0.1, 0.15) is 22.7 Å². The maximum Gasteiger partial charge on any atom is 0.416 e. The number of pyridine rings is 2. The summed E-state index contributed by atoms with van der Waals surface area (Å²) in [4.78, 5) is 8.48. The van der Waals surface area contributed by atoms with E-state index in [1.54, 1.807) is 24.7 Å². The van der Waals surface area contributed by atoms with Gasteiger partial charge in [-0.05, 0) is 47.5 Å². The topological polar surface area (TPSA) is 37.8 Å². The Morgan fingerprint density at radius 1 is 0.821 bits per heavy atom. The Balaban J connectivity index is 1.76. The Bertz CT molecular complexity index is 1080. The second kappa shape index (κ2) is 7.31. The van der Waals surface area contributed by atoms with E-state index in [9.17, 15) is 13.2 Å². The van der Waals surface area contributed by atoms with Gasteiger partial charge in [-0.15, -0.1) is 0 Å². The van der Waals surface area contributed by atoms with Gasteiger partial charge >= 0.3 is 6.18 Å². The molecule has 2 aromatic heterocycles. The first-order chi connectivity index (χ1) is 13.5. The summed E-state index contributed by atoms with van der Waals surface area (Å²) >= 11 is 0. The Morgan fingerprint density at radius 3 is 2.29 bits per heavy atom. The van der Waals surface area contributed by atoms with Gasteiger partial charge in [0, 0.05) is 24.0 Å². The van der Waals surface area contributed by atoms with Gasteiger partial charge in [0.05, 0.1) is 22.8 Å². The van der Waals surface area contributed by atoms with Gasteiger partial charge in [0.2, 0.25) is 0 Å². The van der Waals surface area contributed by atoms with E-state index in [4.69, 9.17) is 0 Å². The van der Waals surface area contributed by atoms with Gasteiger partial charge in [-0.3, -0.25) is 9.97 Å². The normalized spacial score (nSPS) is 12.7. The summed E-state index contributed by atoms with van der Waals surface area (Å²) in [5.41, 5.74) is 2.54. The number of fused-ring (bicyclic) bond motifs is 1. The third-order valence-corrected chi connectivity index (χ3v) is 4.51. The molecule has 0 saturated heterocycles. The molecule has 0 spiro atoms. The van der Waals surface area contributed by atoms with Crippen LogP contribution in [0.15, 0.2) is 85.3 Å². The summed E-state index contributed by atoms with van der Waals surface area (Å²) in [7, 11) is 0. The van der Waals surface area contributed by atoms with Gasteiger partial charge in [0.1, 0.15) is 0 Å². The van der Waals surface area contributed by atoms with Crippen molar-refractivity contribution in [2.75, 3.05) is 5.32 Å². The fourth-order valence-electron chi connectivity index (χ4n) is 3.10. The van der Waals surface area contributed by atoms with Crippen molar-refractivity contribution in [1.82, 2.24) is 9.97 Å². The summed E-state index contributed by atoms with van der Waals surface area (Å²) in [6.07, 6.45) is 0.695. The number of alkyl halides is 3. The molecule has 0 aliphatic carbocycles. The quantitative estimate of drug-likeness (QED) is 0.483. The first kappa shape index (κ1) is 18.0. The van der Waals surface area contributed by atoms with Crippen LogP contribution in [0, 0.1) is 0 Å². The number of benzene rings is 2. The third-order valence-electron chi connectivity index (χ3n) is 4.51. The Morgan fingerprint density at radius 2 is 1.57 bits per heavy atom. The first-order valence-corrected chi connectivity index (χ1v) is 8.69. The van der Waals surface area contributed by atoms with E-state index in [0.29, 0.717) is 5.56 Å². The maximum absolute atomic E-state index is 12.9. The van der Waals surface area contributed by atoms with Gasteiger partial charge in [0.25, 0.3) is 0 Å². The highest BCUT2D eigenvalue weighted by Crippen LogP contribution is 2.33. The van der Waals surface area contributed by atoms with Crippen molar-refractivity contribution < 1.29 is 13.2 Å². The molecule has 140 valence electrons. The molecule has 1 atom stereocenters. The predicted octanol–water partition coefficient (Wildman–Crippen LogP) is 5.85. The van der Waals surface area contributed by atoms with E-state index in [1.807, 2.05) is 36.4 Å². The van der Waals surface area contributed by atoms with Gasteiger partial charge < -0.3 is 5.32 Å². The molecular formula is C22H16F3N3. The molecule has 0 amide bonds. The fourth-order valence-corrected chi connectivity index (χ4v) is 3.10. The molecule has 0 saturated carbocycles. The smallest absolute Gasteiger partial charge is 0.373 e. The van der Waals surface area contributed by atoms with Crippen LogP contribution in [0.3, 0.4) is 0 Å². The lowest BCUT2D eigenvalue weighted by atomic mass is 9.96. The molecule has 3 nitrogen and oxygen atoms in total. The second-order valence-corrected chi connectivity index (χ2v) is 6.39. The fraction of sp³-hybridized carbons (Fsp3) is 0.0909. The predicted molar refractivity (Wildman–Crippen MR) is 103 cm³/mol. The molecule has 1 unspecified atom stereocenters. The highest BCUT2D eigenvalue weighted by Gasteiger charge is 2.30. The van der Waals surface area contributed by atoms with Crippen molar-refractivity contribution in [2.45, 2.75) is 12.2 Å². The van der Waals surface area contributed by atoms with Crippen LogP contribution in [0.2, 0.25) is 0 Å². The molecule has 0 aliphatic rings. The van der Waals surface area contributed by atoms with E-state index in [1.165, 1.54) is 12.1 Å². The van der Waals surface area contributed by atoms with Gasteiger partial charge in [0.15, 0.2) is 0 Å².